The van der Waals surface area contributed by atoms with Gasteiger partial charge in [0.05, 0.1) is 7.11 Å². The van der Waals surface area contributed by atoms with Crippen LogP contribution in [0.15, 0.2) is 18.2 Å². The van der Waals surface area contributed by atoms with Crippen molar-refractivity contribution < 1.29 is 14.6 Å². The first-order valence-corrected chi connectivity index (χ1v) is 3.49. The predicted octanol–water partition coefficient (Wildman–Crippen LogP) is 1.05. The van der Waals surface area contributed by atoms with Gasteiger partial charge in [-0.3, -0.25) is 4.79 Å². The Bertz CT molecular complexity index is 281. The zero-order valence-electron chi connectivity index (χ0n) is 6.70. The van der Waals surface area contributed by atoms with E-state index in [1.165, 1.54) is 13.2 Å². The van der Waals surface area contributed by atoms with Crippen LogP contribution in [0.25, 0.3) is 0 Å². The van der Waals surface area contributed by atoms with E-state index in [4.69, 9.17) is 4.74 Å². The van der Waals surface area contributed by atoms with E-state index in [0.29, 0.717) is 5.75 Å². The largest absolute Gasteiger partial charge is 0.504 e. The summed E-state index contributed by atoms with van der Waals surface area (Å²) >= 11 is 0. The SMILES string of the molecule is COc1cc(C[C]=O)ccc1O. The van der Waals surface area contributed by atoms with Crippen molar-refractivity contribution in [3.8, 4) is 11.5 Å². The molecule has 1 rings (SSSR count). The normalized spacial score (nSPS) is 9.42. The van der Waals surface area contributed by atoms with E-state index in [-0.39, 0.29) is 12.2 Å². The summed E-state index contributed by atoms with van der Waals surface area (Å²) in [6.07, 6.45) is 1.99. The van der Waals surface area contributed by atoms with Crippen LogP contribution in [0.2, 0.25) is 0 Å². The van der Waals surface area contributed by atoms with Gasteiger partial charge in [-0.25, -0.2) is 0 Å². The van der Waals surface area contributed by atoms with E-state index in [1.807, 2.05) is 0 Å². The molecule has 1 aromatic rings. The second-order valence-corrected chi connectivity index (χ2v) is 2.33. The molecule has 12 heavy (non-hydrogen) atoms. The highest BCUT2D eigenvalue weighted by Crippen LogP contribution is 2.25. The van der Waals surface area contributed by atoms with Crippen LogP contribution in [0, 0.1) is 0 Å². The van der Waals surface area contributed by atoms with Gasteiger partial charge in [0.1, 0.15) is 0 Å². The quantitative estimate of drug-likeness (QED) is 0.728. The lowest BCUT2D eigenvalue weighted by Crippen LogP contribution is -1.88. The number of carbonyl (C=O) groups excluding carboxylic acids is 1. The summed E-state index contributed by atoms with van der Waals surface area (Å²) < 4.78 is 4.85. The molecule has 0 unspecified atom stereocenters. The maximum absolute atomic E-state index is 10.0. The van der Waals surface area contributed by atoms with Gasteiger partial charge in [0.2, 0.25) is 6.29 Å². The first kappa shape index (κ1) is 8.59. The maximum atomic E-state index is 10.0. The zero-order chi connectivity index (χ0) is 8.97. The summed E-state index contributed by atoms with van der Waals surface area (Å²) in [6.45, 7) is 0. The zero-order valence-corrected chi connectivity index (χ0v) is 6.70. The number of phenols is 1. The summed E-state index contributed by atoms with van der Waals surface area (Å²) in [5.41, 5.74) is 0.777. The van der Waals surface area contributed by atoms with Gasteiger partial charge in [-0.1, -0.05) is 6.07 Å². The summed E-state index contributed by atoms with van der Waals surface area (Å²) in [5.74, 6) is 0.454. The van der Waals surface area contributed by atoms with Crippen LogP contribution in [0.4, 0.5) is 0 Å². The molecule has 0 aliphatic heterocycles. The molecule has 1 aromatic carbocycles. The van der Waals surface area contributed by atoms with Gasteiger partial charge >= 0.3 is 0 Å². The van der Waals surface area contributed by atoms with E-state index < -0.39 is 0 Å². The van der Waals surface area contributed by atoms with Gasteiger partial charge in [-0.15, -0.1) is 0 Å². The topological polar surface area (TPSA) is 46.5 Å². The fourth-order valence-electron chi connectivity index (χ4n) is 0.915. The van der Waals surface area contributed by atoms with Gasteiger partial charge < -0.3 is 9.84 Å². The molecule has 0 atom stereocenters. The predicted molar refractivity (Wildman–Crippen MR) is 44.1 cm³/mol. The van der Waals surface area contributed by atoms with Crippen LogP contribution in [0.5, 0.6) is 11.5 Å². The number of hydrogen-bond donors (Lipinski definition) is 1. The molecule has 63 valence electrons. The lowest BCUT2D eigenvalue weighted by atomic mass is 10.1. The number of aromatic hydroxyl groups is 1. The third kappa shape index (κ3) is 1.75. The van der Waals surface area contributed by atoms with Gasteiger partial charge in [0.25, 0.3) is 0 Å². The first-order chi connectivity index (χ1) is 5.77. The number of benzene rings is 1. The van der Waals surface area contributed by atoms with Crippen molar-refractivity contribution in [1.29, 1.82) is 0 Å². The average Bonchev–Trinajstić information content (AvgIpc) is 2.09. The minimum Gasteiger partial charge on any atom is -0.504 e. The Morgan fingerprint density at radius 1 is 1.58 bits per heavy atom. The van der Waals surface area contributed by atoms with E-state index in [1.54, 1.807) is 18.4 Å². The third-order valence-corrected chi connectivity index (χ3v) is 1.52. The Balaban J connectivity index is 2.96. The number of hydrogen-bond acceptors (Lipinski definition) is 3. The molecule has 0 spiro atoms. The van der Waals surface area contributed by atoms with Gasteiger partial charge in [-0.2, -0.15) is 0 Å². The van der Waals surface area contributed by atoms with Crippen molar-refractivity contribution in [2.45, 2.75) is 6.42 Å². The lowest BCUT2D eigenvalue weighted by molar-refractivity contribution is 0.373. The minimum absolute atomic E-state index is 0.0761. The average molecular weight is 165 g/mol. The van der Waals surface area contributed by atoms with Crippen LogP contribution in [0.3, 0.4) is 0 Å². The molecule has 3 heteroatoms. The number of phenolic OH excluding ortho intramolecular Hbond substituents is 1. The monoisotopic (exact) mass is 165 g/mol. The Kier molecular flexibility index (Phi) is 2.69. The number of ether oxygens (including phenoxy) is 1. The fraction of sp³-hybridized carbons (Fsp3) is 0.222. The molecule has 1 radical (unpaired) electrons. The second-order valence-electron chi connectivity index (χ2n) is 2.33. The Morgan fingerprint density at radius 3 is 2.92 bits per heavy atom. The van der Waals surface area contributed by atoms with Crippen molar-refractivity contribution in [2.75, 3.05) is 7.11 Å². The van der Waals surface area contributed by atoms with Crippen molar-refractivity contribution in [2.24, 2.45) is 0 Å². The Morgan fingerprint density at radius 2 is 2.33 bits per heavy atom. The molecule has 0 heterocycles. The van der Waals surface area contributed by atoms with E-state index in [9.17, 15) is 9.90 Å². The summed E-state index contributed by atoms with van der Waals surface area (Å²) in [5, 5.41) is 9.18. The van der Waals surface area contributed by atoms with Gasteiger partial charge in [0.15, 0.2) is 11.5 Å². The summed E-state index contributed by atoms with van der Waals surface area (Å²) in [4.78, 5) is 10.0. The first-order valence-electron chi connectivity index (χ1n) is 3.49. The molecule has 0 amide bonds. The standard InChI is InChI=1S/C9H9O3/c1-12-9-6-7(4-5-10)2-3-8(9)11/h2-3,6,11H,4H2,1H3. The third-order valence-electron chi connectivity index (χ3n) is 1.52. The Hall–Kier alpha value is -1.51. The molecule has 3 nitrogen and oxygen atoms in total. The summed E-state index contributed by atoms with van der Waals surface area (Å²) in [7, 11) is 1.46. The molecule has 0 fully saturated rings. The molecule has 0 bridgehead atoms. The maximum Gasteiger partial charge on any atom is 0.203 e. The number of rotatable bonds is 3. The van der Waals surface area contributed by atoms with Crippen LogP contribution < -0.4 is 4.74 Å². The van der Waals surface area contributed by atoms with Crippen LogP contribution in [-0.4, -0.2) is 18.5 Å². The van der Waals surface area contributed by atoms with Crippen LogP contribution >= 0.6 is 0 Å². The molecule has 0 aliphatic carbocycles. The molecule has 1 N–H and O–H groups in total. The highest BCUT2D eigenvalue weighted by molar-refractivity contribution is 5.57. The fourth-order valence-corrected chi connectivity index (χ4v) is 0.915. The summed E-state index contributed by atoms with van der Waals surface area (Å²) in [6, 6.07) is 4.76. The molecule has 0 aromatic heterocycles. The van der Waals surface area contributed by atoms with Crippen LogP contribution in [-0.2, 0) is 11.2 Å². The van der Waals surface area contributed by atoms with E-state index in [2.05, 4.69) is 0 Å². The highest BCUT2D eigenvalue weighted by Gasteiger charge is 2.01. The highest BCUT2D eigenvalue weighted by atomic mass is 16.5. The molecule has 0 saturated carbocycles. The minimum atomic E-state index is 0.0761. The van der Waals surface area contributed by atoms with Crippen molar-refractivity contribution >= 4 is 6.29 Å². The van der Waals surface area contributed by atoms with E-state index in [0.717, 1.165) is 5.56 Å². The molecule has 0 aliphatic rings. The van der Waals surface area contributed by atoms with Crippen molar-refractivity contribution in [3.05, 3.63) is 23.8 Å². The van der Waals surface area contributed by atoms with E-state index >= 15 is 0 Å². The number of methoxy groups -OCH3 is 1. The van der Waals surface area contributed by atoms with Crippen LogP contribution in [0.1, 0.15) is 5.56 Å². The smallest absolute Gasteiger partial charge is 0.203 e. The Labute approximate surface area is 70.6 Å². The van der Waals surface area contributed by atoms with Crippen molar-refractivity contribution in [1.82, 2.24) is 0 Å². The molecule has 0 saturated heterocycles. The molecular formula is C9H9O3. The molecular weight excluding hydrogens is 156 g/mol. The second kappa shape index (κ2) is 3.76. The van der Waals surface area contributed by atoms with Gasteiger partial charge in [-0.05, 0) is 17.7 Å². The lowest BCUT2D eigenvalue weighted by Gasteiger charge is -2.03. The van der Waals surface area contributed by atoms with Gasteiger partial charge in [0, 0.05) is 6.42 Å². The van der Waals surface area contributed by atoms with Crippen molar-refractivity contribution in [3.63, 3.8) is 0 Å².